The van der Waals surface area contributed by atoms with Gasteiger partial charge in [0, 0.05) is 42.5 Å². The number of aryl methyl sites for hydroxylation is 1. The number of carbonyl (C=O) groups excluding carboxylic acids is 1. The van der Waals surface area contributed by atoms with Crippen LogP contribution in [0.5, 0.6) is 0 Å². The van der Waals surface area contributed by atoms with E-state index in [0.29, 0.717) is 6.54 Å². The van der Waals surface area contributed by atoms with Gasteiger partial charge in [-0.2, -0.15) is 0 Å². The molecule has 1 amide bonds. The number of halogens is 1. The minimum atomic E-state index is 0.0727. The molecule has 6 heteroatoms. The number of piperidine rings is 1. The second-order valence-corrected chi connectivity index (χ2v) is 8.68. The summed E-state index contributed by atoms with van der Waals surface area (Å²) >= 11 is 6.32. The van der Waals surface area contributed by atoms with Gasteiger partial charge >= 0.3 is 0 Å². The van der Waals surface area contributed by atoms with Gasteiger partial charge in [-0.05, 0) is 49.4 Å². The number of carbonyl (C=O) groups is 1. The molecule has 1 aromatic heterocycles. The smallest absolute Gasteiger partial charge is 0.226 e. The fourth-order valence-electron chi connectivity index (χ4n) is 4.70. The molecule has 2 aliphatic rings. The second-order valence-electron chi connectivity index (χ2n) is 8.27. The lowest BCUT2D eigenvalue weighted by atomic mass is 9.93. The summed E-state index contributed by atoms with van der Waals surface area (Å²) in [7, 11) is 0. The molecular weight excluding hydrogens is 396 g/mol. The Hall–Kier alpha value is -2.66. The predicted molar refractivity (Wildman–Crippen MR) is 120 cm³/mol. The van der Waals surface area contributed by atoms with Crippen LogP contribution in [0.25, 0.3) is 10.9 Å². The van der Waals surface area contributed by atoms with Crippen LogP contribution in [0.2, 0.25) is 5.02 Å². The highest BCUT2D eigenvalue weighted by molar-refractivity contribution is 6.31. The molecule has 3 aromatic rings. The van der Waals surface area contributed by atoms with E-state index in [2.05, 4.69) is 17.0 Å². The Labute approximate surface area is 181 Å². The Morgan fingerprint density at radius 3 is 2.67 bits per heavy atom. The lowest BCUT2D eigenvalue weighted by Gasteiger charge is -2.36. The molecule has 0 unspecified atom stereocenters. The molecule has 0 bridgehead atoms. The summed E-state index contributed by atoms with van der Waals surface area (Å²) < 4.78 is 0. The second kappa shape index (κ2) is 7.88. The quantitative estimate of drug-likeness (QED) is 0.616. The van der Waals surface area contributed by atoms with E-state index < -0.39 is 0 Å². The van der Waals surface area contributed by atoms with Gasteiger partial charge in [0.05, 0.1) is 11.2 Å². The van der Waals surface area contributed by atoms with Crippen LogP contribution in [-0.2, 0) is 17.8 Å². The van der Waals surface area contributed by atoms with Gasteiger partial charge in [0.15, 0.2) is 0 Å². The summed E-state index contributed by atoms with van der Waals surface area (Å²) in [6.45, 7) is 5.07. The van der Waals surface area contributed by atoms with E-state index in [0.717, 1.165) is 66.5 Å². The number of amides is 1. The molecule has 0 saturated carbocycles. The van der Waals surface area contributed by atoms with E-state index in [1.54, 1.807) is 0 Å². The number of benzene rings is 2. The lowest BCUT2D eigenvalue weighted by molar-refractivity contribution is -0.137. The summed E-state index contributed by atoms with van der Waals surface area (Å²) in [6, 6.07) is 14.1. The molecule has 1 fully saturated rings. The van der Waals surface area contributed by atoms with Gasteiger partial charge in [-0.1, -0.05) is 41.9 Å². The van der Waals surface area contributed by atoms with Crippen molar-refractivity contribution < 1.29 is 4.79 Å². The average molecular weight is 421 g/mol. The SMILES string of the molecule is Cc1nc(N2CCC(C(=O)N3CCc4c(Cl)cccc4C3)CC2)nc2ccccc12. The molecule has 2 aliphatic heterocycles. The van der Waals surface area contributed by atoms with Crippen LogP contribution in [0.3, 0.4) is 0 Å². The van der Waals surface area contributed by atoms with Crippen LogP contribution in [0.1, 0.15) is 29.7 Å². The van der Waals surface area contributed by atoms with Crippen molar-refractivity contribution in [1.82, 2.24) is 14.9 Å². The maximum atomic E-state index is 13.2. The number of hydrogen-bond acceptors (Lipinski definition) is 4. The fourth-order valence-corrected chi connectivity index (χ4v) is 4.99. The van der Waals surface area contributed by atoms with E-state index in [1.807, 2.05) is 42.2 Å². The molecule has 0 spiro atoms. The van der Waals surface area contributed by atoms with Crippen molar-refractivity contribution in [2.24, 2.45) is 5.92 Å². The van der Waals surface area contributed by atoms with E-state index in [4.69, 9.17) is 21.6 Å². The van der Waals surface area contributed by atoms with Crippen molar-refractivity contribution in [3.05, 3.63) is 64.3 Å². The first-order valence-corrected chi connectivity index (χ1v) is 11.0. The summed E-state index contributed by atoms with van der Waals surface area (Å²) in [5.41, 5.74) is 4.35. The maximum Gasteiger partial charge on any atom is 0.226 e. The maximum absolute atomic E-state index is 13.2. The largest absolute Gasteiger partial charge is 0.341 e. The van der Waals surface area contributed by atoms with E-state index >= 15 is 0 Å². The molecule has 0 aliphatic carbocycles. The van der Waals surface area contributed by atoms with Gasteiger partial charge in [0.25, 0.3) is 0 Å². The Bertz CT molecular complexity index is 1110. The Balaban J connectivity index is 1.26. The number of rotatable bonds is 2. The number of aromatic nitrogens is 2. The standard InChI is InChI=1S/C24H25ClN4O/c1-16-19-6-2-3-8-22(19)27-24(26-16)28-12-9-17(10-13-28)23(30)29-14-11-20-18(15-29)5-4-7-21(20)25/h2-8,17H,9-15H2,1H3. The fraction of sp³-hybridized carbons (Fsp3) is 0.375. The number of hydrogen-bond donors (Lipinski definition) is 0. The topological polar surface area (TPSA) is 49.3 Å². The van der Waals surface area contributed by atoms with Crippen LogP contribution in [0, 0.1) is 12.8 Å². The van der Waals surface area contributed by atoms with Crippen molar-refractivity contribution >= 4 is 34.4 Å². The molecule has 0 atom stereocenters. The summed E-state index contributed by atoms with van der Waals surface area (Å²) in [6.07, 6.45) is 2.52. The zero-order valence-corrected chi connectivity index (χ0v) is 17.9. The van der Waals surface area contributed by atoms with Gasteiger partial charge in [-0.3, -0.25) is 4.79 Å². The summed E-state index contributed by atoms with van der Waals surface area (Å²) in [4.78, 5) is 26.9. The third-order valence-electron chi connectivity index (χ3n) is 6.43. The first-order chi connectivity index (χ1) is 14.6. The number of para-hydroxylation sites is 1. The molecule has 154 valence electrons. The monoisotopic (exact) mass is 420 g/mol. The first-order valence-electron chi connectivity index (χ1n) is 10.6. The average Bonchev–Trinajstić information content (AvgIpc) is 2.78. The zero-order chi connectivity index (χ0) is 20.7. The van der Waals surface area contributed by atoms with Crippen molar-refractivity contribution in [2.75, 3.05) is 24.5 Å². The number of nitrogens with zero attached hydrogens (tertiary/aromatic N) is 4. The molecular formula is C24H25ClN4O. The molecule has 0 radical (unpaired) electrons. The molecule has 3 heterocycles. The molecule has 2 aromatic carbocycles. The number of anilines is 1. The Kier molecular flexibility index (Phi) is 5.07. The van der Waals surface area contributed by atoms with Gasteiger partial charge < -0.3 is 9.80 Å². The Morgan fingerprint density at radius 1 is 1.03 bits per heavy atom. The van der Waals surface area contributed by atoms with Crippen LogP contribution < -0.4 is 4.90 Å². The normalized spacial score (nSPS) is 17.3. The van der Waals surface area contributed by atoms with Crippen molar-refractivity contribution in [3.8, 4) is 0 Å². The van der Waals surface area contributed by atoms with Crippen molar-refractivity contribution in [1.29, 1.82) is 0 Å². The van der Waals surface area contributed by atoms with E-state index in [1.165, 1.54) is 11.1 Å². The third-order valence-corrected chi connectivity index (χ3v) is 6.78. The van der Waals surface area contributed by atoms with Crippen molar-refractivity contribution in [2.45, 2.75) is 32.7 Å². The van der Waals surface area contributed by atoms with Crippen LogP contribution >= 0.6 is 11.6 Å². The van der Waals surface area contributed by atoms with Crippen LogP contribution in [-0.4, -0.2) is 40.4 Å². The lowest BCUT2D eigenvalue weighted by Crippen LogP contribution is -2.44. The highest BCUT2D eigenvalue weighted by Gasteiger charge is 2.31. The Morgan fingerprint density at radius 2 is 1.83 bits per heavy atom. The number of fused-ring (bicyclic) bond motifs is 2. The minimum absolute atomic E-state index is 0.0727. The highest BCUT2D eigenvalue weighted by atomic mass is 35.5. The molecule has 5 nitrogen and oxygen atoms in total. The molecule has 30 heavy (non-hydrogen) atoms. The third kappa shape index (κ3) is 3.52. The predicted octanol–water partition coefficient (Wildman–Crippen LogP) is 4.39. The minimum Gasteiger partial charge on any atom is -0.341 e. The van der Waals surface area contributed by atoms with Crippen LogP contribution in [0.4, 0.5) is 5.95 Å². The van der Waals surface area contributed by atoms with Gasteiger partial charge in [-0.15, -0.1) is 0 Å². The van der Waals surface area contributed by atoms with Gasteiger partial charge in [-0.25, -0.2) is 9.97 Å². The molecule has 5 rings (SSSR count). The van der Waals surface area contributed by atoms with E-state index in [9.17, 15) is 4.79 Å². The molecule has 1 saturated heterocycles. The van der Waals surface area contributed by atoms with Gasteiger partial charge in [0.2, 0.25) is 11.9 Å². The van der Waals surface area contributed by atoms with Gasteiger partial charge in [0.1, 0.15) is 0 Å². The highest BCUT2D eigenvalue weighted by Crippen LogP contribution is 2.29. The zero-order valence-electron chi connectivity index (χ0n) is 17.1. The van der Waals surface area contributed by atoms with E-state index in [-0.39, 0.29) is 11.8 Å². The first kappa shape index (κ1) is 19.3. The summed E-state index contributed by atoms with van der Waals surface area (Å²) in [5.74, 6) is 1.12. The summed E-state index contributed by atoms with van der Waals surface area (Å²) in [5, 5.41) is 1.91. The van der Waals surface area contributed by atoms with Crippen LogP contribution in [0.15, 0.2) is 42.5 Å². The van der Waals surface area contributed by atoms with Crippen molar-refractivity contribution in [3.63, 3.8) is 0 Å². The molecule has 0 N–H and O–H groups in total.